The Bertz CT molecular complexity index is 1120. The number of carbonyl (C=O) groups excluding carboxylic acids is 1. The minimum Gasteiger partial charge on any atom is -0.461 e. The van der Waals surface area contributed by atoms with Crippen molar-refractivity contribution in [2.24, 2.45) is 0 Å². The average molecular weight is 479 g/mol. The van der Waals surface area contributed by atoms with Crippen molar-refractivity contribution in [3.05, 3.63) is 58.3 Å². The van der Waals surface area contributed by atoms with Crippen molar-refractivity contribution in [3.63, 3.8) is 0 Å². The van der Waals surface area contributed by atoms with Crippen LogP contribution in [-0.4, -0.2) is 53.4 Å². The van der Waals surface area contributed by atoms with Gasteiger partial charge in [-0.3, -0.25) is 15.0 Å². The fourth-order valence-electron chi connectivity index (χ4n) is 3.79. The molecular weight excluding hydrogens is 453 g/mol. The number of hydrogen-bond donors (Lipinski definition) is 1. The van der Waals surface area contributed by atoms with Crippen LogP contribution in [0.25, 0.3) is 11.3 Å². The summed E-state index contributed by atoms with van der Waals surface area (Å²) in [6.45, 7) is 9.61. The lowest BCUT2D eigenvalue weighted by Crippen LogP contribution is -2.45. The topological polar surface area (TPSA) is 61.6 Å². The number of aryl methyl sites for hydroxylation is 1. The van der Waals surface area contributed by atoms with Gasteiger partial charge in [-0.05, 0) is 31.7 Å². The number of nitrogens with zero attached hydrogens (tertiary/aromatic N) is 3. The van der Waals surface area contributed by atoms with Crippen LogP contribution in [0, 0.1) is 6.92 Å². The van der Waals surface area contributed by atoms with Gasteiger partial charge in [0.15, 0.2) is 5.13 Å². The Morgan fingerprint density at radius 2 is 1.91 bits per heavy atom. The summed E-state index contributed by atoms with van der Waals surface area (Å²) in [5.74, 6) is 0.118. The number of aromatic nitrogens is 1. The summed E-state index contributed by atoms with van der Waals surface area (Å²) in [5, 5.41) is 5.18. The molecule has 10 heteroatoms. The Balaban J connectivity index is 1.41. The maximum absolute atomic E-state index is 13.0. The smallest absolute Gasteiger partial charge is 0.416 e. The van der Waals surface area contributed by atoms with Crippen molar-refractivity contribution in [1.82, 2.24) is 14.8 Å². The highest BCUT2D eigenvalue weighted by Gasteiger charge is 2.31. The lowest BCUT2D eigenvalue weighted by atomic mass is 10.1. The van der Waals surface area contributed by atoms with Crippen LogP contribution in [0.3, 0.4) is 0 Å². The van der Waals surface area contributed by atoms with Gasteiger partial charge in [-0.15, -0.1) is 11.3 Å². The predicted molar refractivity (Wildman–Crippen MR) is 121 cm³/mol. The predicted octanol–water partition coefficient (Wildman–Crippen LogP) is 5.12. The number of likely N-dealkylation sites (N-methyl/N-ethyl adjacent to an activating group) is 1. The Hall–Kier alpha value is -2.69. The van der Waals surface area contributed by atoms with Gasteiger partial charge in [-0.1, -0.05) is 19.1 Å². The maximum Gasteiger partial charge on any atom is 0.416 e. The van der Waals surface area contributed by atoms with Crippen LogP contribution in [0.15, 0.2) is 40.1 Å². The molecule has 1 amide bonds. The van der Waals surface area contributed by atoms with Crippen LogP contribution < -0.4 is 5.32 Å². The summed E-state index contributed by atoms with van der Waals surface area (Å²) >= 11 is 1.34. The van der Waals surface area contributed by atoms with E-state index in [0.29, 0.717) is 10.9 Å². The van der Waals surface area contributed by atoms with Crippen LogP contribution in [0.5, 0.6) is 0 Å². The van der Waals surface area contributed by atoms with E-state index in [-0.39, 0.29) is 16.9 Å². The molecule has 0 radical (unpaired) electrons. The van der Waals surface area contributed by atoms with Gasteiger partial charge in [0.25, 0.3) is 5.91 Å². The number of furan rings is 1. The molecule has 1 saturated heterocycles. The Morgan fingerprint density at radius 1 is 1.18 bits per heavy atom. The van der Waals surface area contributed by atoms with E-state index in [1.807, 2.05) is 5.38 Å². The van der Waals surface area contributed by atoms with Crippen molar-refractivity contribution in [2.45, 2.75) is 26.6 Å². The van der Waals surface area contributed by atoms with E-state index in [0.717, 1.165) is 57.1 Å². The van der Waals surface area contributed by atoms with Gasteiger partial charge in [0, 0.05) is 43.7 Å². The van der Waals surface area contributed by atoms with Crippen molar-refractivity contribution < 1.29 is 22.4 Å². The zero-order valence-corrected chi connectivity index (χ0v) is 19.2. The standard InChI is InChI=1S/C23H25F3N4O2S/c1-3-29-7-9-30(10-8-29)13-18-14-33-22(27-18)28-21(31)19-12-20(32-15(19)2)16-5-4-6-17(11-16)23(24,25)26/h4-6,11-12,14H,3,7-10,13H2,1-2H3,(H,27,28,31). The number of rotatable bonds is 6. The van der Waals surface area contributed by atoms with Crippen LogP contribution in [0.2, 0.25) is 0 Å². The lowest BCUT2D eigenvalue weighted by molar-refractivity contribution is -0.137. The Morgan fingerprint density at radius 3 is 2.61 bits per heavy atom. The third kappa shape index (κ3) is 5.63. The molecule has 4 rings (SSSR count). The number of carbonyl (C=O) groups is 1. The monoisotopic (exact) mass is 478 g/mol. The van der Waals surface area contributed by atoms with Crippen molar-refractivity contribution in [1.29, 1.82) is 0 Å². The molecule has 1 aliphatic rings. The SMILES string of the molecule is CCN1CCN(Cc2csc(NC(=O)c3cc(-c4cccc(C(F)(F)F)c4)oc3C)n2)CC1. The van der Waals surface area contributed by atoms with Crippen LogP contribution in [-0.2, 0) is 12.7 Å². The van der Waals surface area contributed by atoms with Gasteiger partial charge >= 0.3 is 6.18 Å². The zero-order valence-electron chi connectivity index (χ0n) is 18.4. The Kier molecular flexibility index (Phi) is 6.87. The quantitative estimate of drug-likeness (QED) is 0.533. The van der Waals surface area contributed by atoms with E-state index in [9.17, 15) is 18.0 Å². The molecule has 0 atom stereocenters. The van der Waals surface area contributed by atoms with E-state index in [1.54, 1.807) is 6.92 Å². The van der Waals surface area contributed by atoms with Gasteiger partial charge in [-0.2, -0.15) is 13.2 Å². The van der Waals surface area contributed by atoms with Crippen LogP contribution in [0.1, 0.15) is 34.3 Å². The molecule has 0 spiro atoms. The third-order valence-electron chi connectivity index (χ3n) is 5.71. The number of piperazine rings is 1. The van der Waals surface area contributed by atoms with Crippen molar-refractivity contribution in [3.8, 4) is 11.3 Å². The van der Waals surface area contributed by atoms with E-state index in [4.69, 9.17) is 4.42 Å². The summed E-state index contributed by atoms with van der Waals surface area (Å²) in [6, 6.07) is 6.30. The highest BCUT2D eigenvalue weighted by atomic mass is 32.1. The molecule has 1 N–H and O–H groups in total. The molecule has 33 heavy (non-hydrogen) atoms. The summed E-state index contributed by atoms with van der Waals surface area (Å²) < 4.78 is 44.6. The average Bonchev–Trinajstić information content (AvgIpc) is 3.40. The van der Waals surface area contributed by atoms with Crippen LogP contribution in [0.4, 0.5) is 18.3 Å². The first-order chi connectivity index (χ1) is 15.7. The fraction of sp³-hybridized carbons (Fsp3) is 0.391. The number of nitrogens with one attached hydrogen (secondary N) is 1. The maximum atomic E-state index is 13.0. The first-order valence-electron chi connectivity index (χ1n) is 10.7. The number of benzene rings is 1. The van der Waals surface area contributed by atoms with E-state index in [2.05, 4.69) is 27.0 Å². The molecule has 3 aromatic rings. The van der Waals surface area contributed by atoms with Crippen molar-refractivity contribution in [2.75, 3.05) is 38.0 Å². The summed E-state index contributed by atoms with van der Waals surface area (Å²) in [5.41, 5.74) is 0.641. The molecule has 2 aromatic heterocycles. The highest BCUT2D eigenvalue weighted by Crippen LogP contribution is 2.33. The summed E-state index contributed by atoms with van der Waals surface area (Å²) in [6.07, 6.45) is -4.45. The molecule has 0 saturated carbocycles. The molecule has 0 bridgehead atoms. The second-order valence-corrected chi connectivity index (χ2v) is 8.83. The second-order valence-electron chi connectivity index (χ2n) is 7.97. The molecular formula is C23H25F3N4O2S. The molecule has 176 valence electrons. The Labute approximate surface area is 194 Å². The molecule has 0 aliphatic carbocycles. The molecule has 1 fully saturated rings. The molecule has 6 nitrogen and oxygen atoms in total. The lowest BCUT2D eigenvalue weighted by Gasteiger charge is -2.33. The number of thiazole rings is 1. The largest absolute Gasteiger partial charge is 0.461 e. The number of amides is 1. The number of anilines is 1. The van der Waals surface area contributed by atoms with Crippen LogP contribution >= 0.6 is 11.3 Å². The van der Waals surface area contributed by atoms with Gasteiger partial charge < -0.3 is 9.32 Å². The molecule has 3 heterocycles. The minimum atomic E-state index is -4.45. The molecule has 1 aliphatic heterocycles. The zero-order chi connectivity index (χ0) is 23.6. The number of alkyl halides is 3. The molecule has 1 aromatic carbocycles. The number of halogens is 3. The highest BCUT2D eigenvalue weighted by molar-refractivity contribution is 7.14. The van der Waals surface area contributed by atoms with Gasteiger partial charge in [0.05, 0.1) is 16.8 Å². The first-order valence-corrected chi connectivity index (χ1v) is 11.6. The normalized spacial score (nSPS) is 15.7. The van der Waals surface area contributed by atoms with Gasteiger partial charge in [0.1, 0.15) is 11.5 Å². The first kappa shape index (κ1) is 23.5. The number of hydrogen-bond acceptors (Lipinski definition) is 6. The minimum absolute atomic E-state index is 0.204. The van der Waals surface area contributed by atoms with Gasteiger partial charge in [0.2, 0.25) is 0 Å². The molecule has 0 unspecified atom stereocenters. The third-order valence-corrected chi connectivity index (χ3v) is 6.51. The summed E-state index contributed by atoms with van der Waals surface area (Å²) in [7, 11) is 0. The van der Waals surface area contributed by atoms with E-state index >= 15 is 0 Å². The van der Waals surface area contributed by atoms with E-state index < -0.39 is 17.6 Å². The summed E-state index contributed by atoms with van der Waals surface area (Å²) in [4.78, 5) is 22.0. The van der Waals surface area contributed by atoms with Crippen molar-refractivity contribution >= 4 is 22.4 Å². The fourth-order valence-corrected chi connectivity index (χ4v) is 4.49. The van der Waals surface area contributed by atoms with E-state index in [1.165, 1.54) is 29.5 Å². The van der Waals surface area contributed by atoms with Gasteiger partial charge in [-0.25, -0.2) is 4.98 Å². The second kappa shape index (κ2) is 9.66.